The lowest BCUT2D eigenvalue weighted by atomic mass is 10.1. The summed E-state index contributed by atoms with van der Waals surface area (Å²) in [5.41, 5.74) is 2.22. The highest BCUT2D eigenvalue weighted by molar-refractivity contribution is 6.35. The average molecular weight is 297 g/mol. The fraction of sp³-hybridized carbons (Fsp3) is 0.467. The maximum absolute atomic E-state index is 11.7. The number of rotatable bonds is 6. The van der Waals surface area contributed by atoms with E-state index in [1.165, 1.54) is 5.56 Å². The van der Waals surface area contributed by atoms with Crippen molar-refractivity contribution in [2.45, 2.75) is 32.7 Å². The molecule has 0 spiro atoms. The van der Waals surface area contributed by atoms with Crippen molar-refractivity contribution in [3.05, 3.63) is 35.4 Å². The van der Waals surface area contributed by atoms with Crippen LogP contribution in [0.3, 0.4) is 0 Å². The fourth-order valence-electron chi connectivity index (χ4n) is 1.74. The molecule has 1 aromatic carbocycles. The Morgan fingerprint density at radius 1 is 1.20 bits per heavy atom. The maximum Gasteiger partial charge on any atom is 0.309 e. The second kappa shape index (κ2) is 8.59. The zero-order valence-electron chi connectivity index (χ0n) is 11.9. The van der Waals surface area contributed by atoms with Gasteiger partial charge in [-0.1, -0.05) is 31.2 Å². The van der Waals surface area contributed by atoms with Gasteiger partial charge in [-0.3, -0.25) is 9.59 Å². The molecular weight excluding hydrogens is 276 g/mol. The highest BCUT2D eigenvalue weighted by atomic mass is 35.5. The Labute approximate surface area is 124 Å². The van der Waals surface area contributed by atoms with Gasteiger partial charge in [-0.05, 0) is 30.9 Å². The third kappa shape index (κ3) is 5.21. The molecule has 1 atom stereocenters. The molecule has 110 valence electrons. The van der Waals surface area contributed by atoms with E-state index in [2.05, 4.69) is 17.6 Å². The zero-order valence-corrected chi connectivity index (χ0v) is 12.7. The van der Waals surface area contributed by atoms with Crippen LogP contribution < -0.4 is 10.6 Å². The van der Waals surface area contributed by atoms with Crippen molar-refractivity contribution in [2.75, 3.05) is 12.4 Å². The quantitative estimate of drug-likeness (QED) is 0.480. The van der Waals surface area contributed by atoms with E-state index < -0.39 is 11.8 Å². The van der Waals surface area contributed by atoms with Crippen LogP contribution >= 0.6 is 11.6 Å². The van der Waals surface area contributed by atoms with Gasteiger partial charge in [0.05, 0.1) is 6.04 Å². The van der Waals surface area contributed by atoms with Gasteiger partial charge in [0.25, 0.3) is 0 Å². The molecule has 5 heteroatoms. The Morgan fingerprint density at radius 3 is 2.40 bits per heavy atom. The van der Waals surface area contributed by atoms with Crippen LogP contribution in [0.2, 0.25) is 0 Å². The Hall–Kier alpha value is -1.55. The second-order valence-corrected chi connectivity index (χ2v) is 4.97. The second-order valence-electron chi connectivity index (χ2n) is 4.59. The van der Waals surface area contributed by atoms with E-state index in [0.29, 0.717) is 18.8 Å². The molecule has 0 heterocycles. The molecule has 0 aliphatic heterocycles. The minimum absolute atomic E-state index is 0.202. The van der Waals surface area contributed by atoms with Crippen molar-refractivity contribution in [3.8, 4) is 0 Å². The molecule has 0 radical (unpaired) electrons. The van der Waals surface area contributed by atoms with Crippen molar-refractivity contribution in [3.63, 3.8) is 0 Å². The van der Waals surface area contributed by atoms with E-state index in [1.54, 1.807) is 0 Å². The summed E-state index contributed by atoms with van der Waals surface area (Å²) >= 11 is 5.50. The van der Waals surface area contributed by atoms with E-state index in [1.807, 2.05) is 31.2 Å². The Morgan fingerprint density at radius 2 is 1.85 bits per heavy atom. The van der Waals surface area contributed by atoms with Crippen LogP contribution in [0.25, 0.3) is 0 Å². The molecule has 2 amide bonds. The van der Waals surface area contributed by atoms with Crippen LogP contribution in [-0.4, -0.2) is 24.2 Å². The number of hydrogen-bond donors (Lipinski definition) is 2. The highest BCUT2D eigenvalue weighted by Gasteiger charge is 2.16. The minimum atomic E-state index is -0.619. The van der Waals surface area contributed by atoms with E-state index in [4.69, 9.17) is 11.6 Å². The Balaban J connectivity index is 2.49. The first-order valence-electron chi connectivity index (χ1n) is 6.82. The summed E-state index contributed by atoms with van der Waals surface area (Å²) in [7, 11) is 0. The number of carbonyl (C=O) groups is 2. The molecule has 1 rings (SSSR count). The SMILES string of the molecule is CCc1ccc(C(C)NC(=O)C(=O)NCCCCl)cc1. The van der Waals surface area contributed by atoms with Crippen LogP contribution in [0.5, 0.6) is 0 Å². The van der Waals surface area contributed by atoms with Gasteiger partial charge >= 0.3 is 11.8 Å². The standard InChI is InChI=1S/C15H21ClN2O2/c1-3-12-5-7-13(8-6-12)11(2)18-15(20)14(19)17-10-4-9-16/h5-8,11H,3-4,9-10H2,1-2H3,(H,17,19)(H,18,20). The highest BCUT2D eigenvalue weighted by Crippen LogP contribution is 2.13. The van der Waals surface area contributed by atoms with Crippen molar-refractivity contribution in [1.29, 1.82) is 0 Å². The van der Waals surface area contributed by atoms with Crippen molar-refractivity contribution in [1.82, 2.24) is 10.6 Å². The summed E-state index contributed by atoms with van der Waals surface area (Å²) in [5.74, 6) is -0.777. The number of aryl methyl sites for hydroxylation is 1. The number of halogens is 1. The summed E-state index contributed by atoms with van der Waals surface area (Å²) in [6.07, 6.45) is 1.62. The molecule has 1 aromatic rings. The summed E-state index contributed by atoms with van der Waals surface area (Å²) in [5, 5.41) is 5.20. The van der Waals surface area contributed by atoms with Gasteiger partial charge < -0.3 is 10.6 Å². The smallest absolute Gasteiger partial charge is 0.309 e. The minimum Gasteiger partial charge on any atom is -0.348 e. The number of nitrogens with one attached hydrogen (secondary N) is 2. The van der Waals surface area contributed by atoms with E-state index >= 15 is 0 Å². The van der Waals surface area contributed by atoms with E-state index in [0.717, 1.165) is 12.0 Å². The largest absolute Gasteiger partial charge is 0.348 e. The van der Waals surface area contributed by atoms with Crippen LogP contribution in [0.4, 0.5) is 0 Å². The normalized spacial score (nSPS) is 11.8. The van der Waals surface area contributed by atoms with Crippen molar-refractivity contribution >= 4 is 23.4 Å². The zero-order chi connectivity index (χ0) is 15.0. The summed E-state index contributed by atoms with van der Waals surface area (Å²) in [4.78, 5) is 23.2. The van der Waals surface area contributed by atoms with Gasteiger partial charge in [-0.25, -0.2) is 0 Å². The third-order valence-electron chi connectivity index (χ3n) is 3.04. The topological polar surface area (TPSA) is 58.2 Å². The van der Waals surface area contributed by atoms with Gasteiger partial charge in [0.2, 0.25) is 0 Å². The summed E-state index contributed by atoms with van der Waals surface area (Å²) in [6.45, 7) is 4.35. The van der Waals surface area contributed by atoms with Gasteiger partial charge in [0.15, 0.2) is 0 Å². The van der Waals surface area contributed by atoms with Crippen LogP contribution in [-0.2, 0) is 16.0 Å². The fourth-order valence-corrected chi connectivity index (χ4v) is 1.87. The lowest BCUT2D eigenvalue weighted by Gasteiger charge is -2.14. The van der Waals surface area contributed by atoms with Gasteiger partial charge in [-0.15, -0.1) is 11.6 Å². The summed E-state index contributed by atoms with van der Waals surface area (Å²) in [6, 6.07) is 7.79. The van der Waals surface area contributed by atoms with Crippen LogP contribution in [0.15, 0.2) is 24.3 Å². The lowest BCUT2D eigenvalue weighted by molar-refractivity contribution is -0.139. The lowest BCUT2D eigenvalue weighted by Crippen LogP contribution is -2.41. The first kappa shape index (κ1) is 16.5. The third-order valence-corrected chi connectivity index (χ3v) is 3.31. The van der Waals surface area contributed by atoms with Gasteiger partial charge in [0.1, 0.15) is 0 Å². The first-order valence-corrected chi connectivity index (χ1v) is 7.35. The number of alkyl halides is 1. The molecule has 0 saturated heterocycles. The number of amides is 2. The van der Waals surface area contributed by atoms with Crippen LogP contribution in [0.1, 0.15) is 37.4 Å². The predicted octanol–water partition coefficient (Wildman–Crippen LogP) is 2.17. The molecule has 2 N–H and O–H groups in total. The molecule has 0 fully saturated rings. The molecule has 0 saturated carbocycles. The molecule has 0 bridgehead atoms. The molecule has 0 aromatic heterocycles. The number of carbonyl (C=O) groups excluding carboxylic acids is 2. The van der Waals surface area contributed by atoms with E-state index in [9.17, 15) is 9.59 Å². The molecular formula is C15H21ClN2O2. The molecule has 0 aliphatic rings. The average Bonchev–Trinajstić information content (AvgIpc) is 2.47. The van der Waals surface area contributed by atoms with Crippen LogP contribution in [0, 0.1) is 0 Å². The molecule has 20 heavy (non-hydrogen) atoms. The predicted molar refractivity (Wildman–Crippen MR) is 80.7 cm³/mol. The Kier molecular flexibility index (Phi) is 7.09. The molecule has 1 unspecified atom stereocenters. The van der Waals surface area contributed by atoms with Crippen molar-refractivity contribution in [2.24, 2.45) is 0 Å². The van der Waals surface area contributed by atoms with Gasteiger partial charge in [-0.2, -0.15) is 0 Å². The summed E-state index contributed by atoms with van der Waals surface area (Å²) < 4.78 is 0. The molecule has 4 nitrogen and oxygen atoms in total. The van der Waals surface area contributed by atoms with Crippen molar-refractivity contribution < 1.29 is 9.59 Å². The molecule has 0 aliphatic carbocycles. The van der Waals surface area contributed by atoms with Gasteiger partial charge in [0, 0.05) is 12.4 Å². The maximum atomic E-state index is 11.7. The number of hydrogen-bond acceptors (Lipinski definition) is 2. The van der Waals surface area contributed by atoms with E-state index in [-0.39, 0.29) is 6.04 Å². The monoisotopic (exact) mass is 296 g/mol. The Bertz CT molecular complexity index is 446. The first-order chi connectivity index (χ1) is 9.58. The number of benzene rings is 1.